The van der Waals surface area contributed by atoms with Gasteiger partial charge in [-0.05, 0) is 13.3 Å². The van der Waals surface area contributed by atoms with Crippen LogP contribution in [0.5, 0.6) is 0 Å². The number of rotatable bonds is 13. The summed E-state index contributed by atoms with van der Waals surface area (Å²) in [6, 6.07) is -5.13. The fraction of sp³-hybridized carbons (Fsp3) is 0.667. The molecule has 0 aliphatic rings. The van der Waals surface area contributed by atoms with Crippen molar-refractivity contribution in [2.45, 2.75) is 50.0 Å². The average Bonchev–Trinajstić information content (AvgIpc) is 2.64. The van der Waals surface area contributed by atoms with Gasteiger partial charge >= 0.3 is 5.97 Å². The molecule has 0 aromatic heterocycles. The van der Waals surface area contributed by atoms with Crippen molar-refractivity contribution in [2.75, 3.05) is 11.5 Å². The molecule has 14 heteroatoms. The molecule has 0 aliphatic carbocycles. The number of aliphatic hydroxyl groups is 1. The van der Waals surface area contributed by atoms with E-state index in [1.165, 1.54) is 6.92 Å². The topological polar surface area (TPSA) is 214 Å². The van der Waals surface area contributed by atoms with Gasteiger partial charge in [0.25, 0.3) is 0 Å². The van der Waals surface area contributed by atoms with E-state index in [1.807, 2.05) is 0 Å². The number of carboxylic acid groups (broad SMARTS) is 1. The second-order valence-corrected chi connectivity index (χ2v) is 6.89. The van der Waals surface area contributed by atoms with E-state index in [0.29, 0.717) is 0 Å². The predicted molar refractivity (Wildman–Crippen MR) is 109 cm³/mol. The zero-order valence-electron chi connectivity index (χ0n) is 15.7. The number of hydrogen-bond donors (Lipinski definition) is 9. The molecule has 5 unspecified atom stereocenters. The van der Waals surface area contributed by atoms with Crippen molar-refractivity contribution in [3.05, 3.63) is 0 Å². The zero-order chi connectivity index (χ0) is 22.7. The van der Waals surface area contributed by atoms with E-state index in [-0.39, 0.29) is 24.3 Å². The number of carbonyl (C=O) groups is 5. The molecule has 0 aromatic carbocycles. The van der Waals surface area contributed by atoms with Gasteiger partial charge in [0.1, 0.15) is 18.1 Å². The molecule has 0 aliphatic heterocycles. The van der Waals surface area contributed by atoms with Crippen LogP contribution in [0.25, 0.3) is 0 Å². The number of aliphatic hydroxyl groups excluding tert-OH is 1. The fourth-order valence-electron chi connectivity index (χ4n) is 2.01. The van der Waals surface area contributed by atoms with Crippen molar-refractivity contribution >= 4 is 54.9 Å². The molecule has 12 nitrogen and oxygen atoms in total. The van der Waals surface area contributed by atoms with Crippen molar-refractivity contribution in [1.82, 2.24) is 16.0 Å². The molecule has 9 N–H and O–H groups in total. The lowest BCUT2D eigenvalue weighted by atomic mass is 10.1. The van der Waals surface area contributed by atoms with Crippen LogP contribution in [0.2, 0.25) is 0 Å². The summed E-state index contributed by atoms with van der Waals surface area (Å²) < 4.78 is 0. The highest BCUT2D eigenvalue weighted by Crippen LogP contribution is 2.01. The molecule has 0 radical (unpaired) electrons. The molecular weight excluding hydrogens is 426 g/mol. The number of nitrogens with two attached hydrogens (primary N) is 2. The lowest BCUT2D eigenvalue weighted by molar-refractivity contribution is -0.141. The van der Waals surface area contributed by atoms with E-state index in [2.05, 4.69) is 41.2 Å². The summed E-state index contributed by atoms with van der Waals surface area (Å²) in [7, 11) is 0. The van der Waals surface area contributed by atoms with Gasteiger partial charge in [-0.2, -0.15) is 25.3 Å². The van der Waals surface area contributed by atoms with Gasteiger partial charge in [0.05, 0.1) is 12.1 Å². The van der Waals surface area contributed by atoms with Crippen molar-refractivity contribution in [1.29, 1.82) is 0 Å². The summed E-state index contributed by atoms with van der Waals surface area (Å²) >= 11 is 7.77. The molecule has 0 heterocycles. The highest BCUT2D eigenvalue weighted by Gasteiger charge is 2.31. The fourth-order valence-corrected chi connectivity index (χ4v) is 2.51. The smallest absolute Gasteiger partial charge is 0.327 e. The maximum absolute atomic E-state index is 12.4. The first-order valence-corrected chi connectivity index (χ1v) is 9.78. The molecule has 5 atom stereocenters. The number of thiol groups is 2. The van der Waals surface area contributed by atoms with Crippen LogP contribution in [0, 0.1) is 0 Å². The van der Waals surface area contributed by atoms with Crippen LogP contribution in [-0.4, -0.2) is 81.6 Å². The molecule has 0 bridgehead atoms. The van der Waals surface area contributed by atoms with Gasteiger partial charge in [-0.25, -0.2) is 4.79 Å². The minimum absolute atomic E-state index is 0.0582. The second kappa shape index (κ2) is 13.2. The van der Waals surface area contributed by atoms with Crippen LogP contribution in [0.4, 0.5) is 0 Å². The monoisotopic (exact) mass is 453 g/mol. The van der Waals surface area contributed by atoms with E-state index in [9.17, 15) is 29.1 Å². The lowest BCUT2D eigenvalue weighted by Crippen LogP contribution is -2.60. The molecule has 0 saturated carbocycles. The molecule has 29 heavy (non-hydrogen) atoms. The quantitative estimate of drug-likeness (QED) is 0.126. The summed E-state index contributed by atoms with van der Waals surface area (Å²) in [5.41, 5.74) is 10.6. The van der Waals surface area contributed by atoms with Crippen molar-refractivity contribution in [2.24, 2.45) is 11.5 Å². The van der Waals surface area contributed by atoms with Gasteiger partial charge in [0, 0.05) is 17.9 Å². The van der Waals surface area contributed by atoms with Gasteiger partial charge in [-0.15, -0.1) is 0 Å². The third-order valence-electron chi connectivity index (χ3n) is 3.71. The number of aliphatic carboxylic acids is 1. The minimum Gasteiger partial charge on any atom is -0.480 e. The number of hydrogen-bond acceptors (Lipinski definition) is 9. The van der Waals surface area contributed by atoms with E-state index in [1.54, 1.807) is 0 Å². The Kier molecular flexibility index (Phi) is 12.3. The first kappa shape index (κ1) is 27.0. The zero-order valence-corrected chi connectivity index (χ0v) is 17.5. The Morgan fingerprint density at radius 1 is 0.931 bits per heavy atom. The number of carboxylic acids is 1. The second-order valence-electron chi connectivity index (χ2n) is 6.16. The lowest BCUT2D eigenvalue weighted by Gasteiger charge is -2.25. The van der Waals surface area contributed by atoms with Gasteiger partial charge in [0.2, 0.25) is 23.6 Å². The van der Waals surface area contributed by atoms with Gasteiger partial charge < -0.3 is 37.6 Å². The number of carbonyl (C=O) groups excluding carboxylic acids is 4. The first-order chi connectivity index (χ1) is 13.4. The highest BCUT2D eigenvalue weighted by atomic mass is 32.1. The van der Waals surface area contributed by atoms with E-state index in [4.69, 9.17) is 16.6 Å². The molecule has 166 valence electrons. The average molecular weight is 454 g/mol. The Hall–Kier alpha value is -2.03. The van der Waals surface area contributed by atoms with Crippen LogP contribution >= 0.6 is 25.3 Å². The molecule has 0 rings (SSSR count). The Morgan fingerprint density at radius 2 is 1.45 bits per heavy atom. The minimum atomic E-state index is -1.46. The van der Waals surface area contributed by atoms with E-state index < -0.39 is 59.9 Å². The van der Waals surface area contributed by atoms with Crippen LogP contribution in [0.1, 0.15) is 19.8 Å². The summed E-state index contributed by atoms with van der Waals surface area (Å²) in [4.78, 5) is 58.4. The van der Waals surface area contributed by atoms with Gasteiger partial charge in [-0.1, -0.05) is 0 Å². The molecular formula is C15H27N5O7S2. The summed E-state index contributed by atoms with van der Waals surface area (Å²) in [6.45, 7) is 1.23. The SMILES string of the molecule is CC(O)C(NC(=O)C(N)CCC(N)=O)C(=O)NC(CS)C(=O)NC(CS)C(=O)O. The van der Waals surface area contributed by atoms with Gasteiger partial charge in [0.15, 0.2) is 0 Å². The van der Waals surface area contributed by atoms with Crippen molar-refractivity contribution in [3.63, 3.8) is 0 Å². The third-order valence-corrected chi connectivity index (χ3v) is 4.44. The Bertz CT molecular complexity index is 620. The first-order valence-electron chi connectivity index (χ1n) is 8.52. The van der Waals surface area contributed by atoms with Gasteiger partial charge in [-0.3, -0.25) is 19.2 Å². The standard InChI is InChI=1S/C15H27N5O7S2/c1-6(21)11(20-12(23)7(16)2-3-10(17)22)14(25)18-8(4-28)13(24)19-9(5-29)15(26)27/h6-9,11,21,28-29H,2-5,16H2,1H3,(H2,17,22)(H,18,25)(H,19,24)(H,20,23)(H,26,27). The Balaban J connectivity index is 5.05. The molecule has 0 fully saturated rings. The maximum atomic E-state index is 12.4. The largest absolute Gasteiger partial charge is 0.480 e. The number of nitrogens with one attached hydrogen (secondary N) is 3. The molecule has 4 amide bonds. The van der Waals surface area contributed by atoms with Crippen LogP contribution in [0.3, 0.4) is 0 Å². The molecule has 0 aromatic rings. The normalized spacial score (nSPS) is 15.9. The van der Waals surface area contributed by atoms with E-state index >= 15 is 0 Å². The predicted octanol–water partition coefficient (Wildman–Crippen LogP) is -3.64. The van der Waals surface area contributed by atoms with Crippen LogP contribution in [0.15, 0.2) is 0 Å². The van der Waals surface area contributed by atoms with Crippen LogP contribution in [-0.2, 0) is 24.0 Å². The number of amides is 4. The molecule has 0 spiro atoms. The van der Waals surface area contributed by atoms with E-state index in [0.717, 1.165) is 0 Å². The highest BCUT2D eigenvalue weighted by molar-refractivity contribution is 7.80. The summed E-state index contributed by atoms with van der Waals surface area (Å²) in [5, 5.41) is 25.5. The maximum Gasteiger partial charge on any atom is 0.327 e. The number of primary amides is 1. The molecule has 0 saturated heterocycles. The summed E-state index contributed by atoms with van der Waals surface area (Å²) in [5.74, 6) is -4.87. The Labute approximate surface area is 178 Å². The van der Waals surface area contributed by atoms with Crippen molar-refractivity contribution < 1.29 is 34.2 Å². The summed E-state index contributed by atoms with van der Waals surface area (Å²) in [6.07, 6.45) is -1.55. The van der Waals surface area contributed by atoms with Crippen LogP contribution < -0.4 is 27.4 Å². The Morgan fingerprint density at radius 3 is 1.86 bits per heavy atom. The third kappa shape index (κ3) is 9.83. The van der Waals surface area contributed by atoms with Crippen molar-refractivity contribution in [3.8, 4) is 0 Å².